The number of phenols is 1. The summed E-state index contributed by atoms with van der Waals surface area (Å²) in [5.41, 5.74) is 6.76. The number of nitrogens with one attached hydrogen (secondary N) is 1. The fourth-order valence-electron chi connectivity index (χ4n) is 1.44. The van der Waals surface area contributed by atoms with E-state index in [4.69, 9.17) is 17.3 Å². The number of rotatable bonds is 2. The molecule has 92 valence electrons. The maximum absolute atomic E-state index is 11.9. The Morgan fingerprint density at radius 1 is 1.17 bits per heavy atom. The van der Waals surface area contributed by atoms with Crippen LogP contribution in [-0.4, -0.2) is 11.0 Å². The number of phenolic OH excluding ortho intramolecular Hbond substituents is 1. The van der Waals surface area contributed by atoms with Crippen molar-refractivity contribution in [2.75, 3.05) is 11.1 Å². The molecule has 0 aliphatic carbocycles. The molecule has 4 N–H and O–H groups in total. The van der Waals surface area contributed by atoms with Crippen LogP contribution in [0.4, 0.5) is 11.4 Å². The maximum Gasteiger partial charge on any atom is 0.255 e. The van der Waals surface area contributed by atoms with Gasteiger partial charge in [0.1, 0.15) is 5.75 Å². The van der Waals surface area contributed by atoms with Crippen molar-refractivity contribution in [2.24, 2.45) is 0 Å². The van der Waals surface area contributed by atoms with Gasteiger partial charge in [0, 0.05) is 16.3 Å². The highest BCUT2D eigenvalue weighted by molar-refractivity contribution is 6.30. The molecule has 18 heavy (non-hydrogen) atoms. The van der Waals surface area contributed by atoms with E-state index in [0.29, 0.717) is 16.3 Å². The highest BCUT2D eigenvalue weighted by atomic mass is 35.5. The van der Waals surface area contributed by atoms with Crippen LogP contribution in [0.15, 0.2) is 42.5 Å². The summed E-state index contributed by atoms with van der Waals surface area (Å²) >= 11 is 5.74. The van der Waals surface area contributed by atoms with Crippen LogP contribution >= 0.6 is 11.6 Å². The number of halogens is 1. The van der Waals surface area contributed by atoms with E-state index in [2.05, 4.69) is 5.32 Å². The van der Waals surface area contributed by atoms with Crippen molar-refractivity contribution in [3.05, 3.63) is 53.1 Å². The van der Waals surface area contributed by atoms with Crippen LogP contribution < -0.4 is 11.1 Å². The molecule has 2 rings (SSSR count). The molecule has 0 bridgehead atoms. The van der Waals surface area contributed by atoms with Crippen LogP contribution in [0.5, 0.6) is 5.75 Å². The molecule has 0 unspecified atom stereocenters. The van der Waals surface area contributed by atoms with Crippen molar-refractivity contribution in [3.8, 4) is 5.75 Å². The lowest BCUT2D eigenvalue weighted by Crippen LogP contribution is -2.11. The molecule has 0 aromatic heterocycles. The Labute approximate surface area is 109 Å². The predicted octanol–water partition coefficient (Wildman–Crippen LogP) is 2.88. The molecule has 0 aliphatic rings. The monoisotopic (exact) mass is 262 g/mol. The number of aromatic hydroxyl groups is 1. The Morgan fingerprint density at radius 3 is 2.44 bits per heavy atom. The SMILES string of the molecule is Nc1cc(NC(=O)c2ccc(Cl)cc2)ccc1O. The average Bonchev–Trinajstić information content (AvgIpc) is 2.34. The predicted molar refractivity (Wildman–Crippen MR) is 71.9 cm³/mol. The van der Waals surface area contributed by atoms with Gasteiger partial charge in [-0.25, -0.2) is 0 Å². The zero-order valence-corrected chi connectivity index (χ0v) is 10.1. The first kappa shape index (κ1) is 12.3. The quantitative estimate of drug-likeness (QED) is 0.442. The number of benzene rings is 2. The summed E-state index contributed by atoms with van der Waals surface area (Å²) in [6, 6.07) is 11.0. The van der Waals surface area contributed by atoms with Gasteiger partial charge in [0.25, 0.3) is 5.91 Å². The third kappa shape index (κ3) is 2.73. The van der Waals surface area contributed by atoms with E-state index in [1.54, 1.807) is 30.3 Å². The van der Waals surface area contributed by atoms with Crippen molar-refractivity contribution in [1.29, 1.82) is 0 Å². The van der Waals surface area contributed by atoms with Gasteiger partial charge in [-0.1, -0.05) is 11.6 Å². The van der Waals surface area contributed by atoms with Gasteiger partial charge in [0.15, 0.2) is 0 Å². The molecule has 0 saturated carbocycles. The zero-order chi connectivity index (χ0) is 13.1. The largest absolute Gasteiger partial charge is 0.506 e. The first-order valence-corrected chi connectivity index (χ1v) is 5.59. The normalized spacial score (nSPS) is 10.1. The van der Waals surface area contributed by atoms with Crippen LogP contribution in [0.3, 0.4) is 0 Å². The van der Waals surface area contributed by atoms with Crippen LogP contribution in [0.1, 0.15) is 10.4 Å². The molecule has 1 amide bonds. The molecule has 0 saturated heterocycles. The number of anilines is 2. The minimum atomic E-state index is -0.267. The fraction of sp³-hybridized carbons (Fsp3) is 0. The Morgan fingerprint density at radius 2 is 1.83 bits per heavy atom. The number of carbonyl (C=O) groups is 1. The minimum Gasteiger partial charge on any atom is -0.506 e. The highest BCUT2D eigenvalue weighted by Gasteiger charge is 2.06. The summed E-state index contributed by atoms with van der Waals surface area (Å²) in [6.45, 7) is 0. The van der Waals surface area contributed by atoms with Crippen molar-refractivity contribution in [3.63, 3.8) is 0 Å². The van der Waals surface area contributed by atoms with Crippen LogP contribution in [-0.2, 0) is 0 Å². The number of nitrogens with two attached hydrogens (primary N) is 1. The fourth-order valence-corrected chi connectivity index (χ4v) is 1.56. The van der Waals surface area contributed by atoms with Gasteiger partial charge in [-0.3, -0.25) is 4.79 Å². The number of carbonyl (C=O) groups excluding carboxylic acids is 1. The topological polar surface area (TPSA) is 75.3 Å². The molecule has 5 heteroatoms. The lowest BCUT2D eigenvalue weighted by molar-refractivity contribution is 0.102. The van der Waals surface area contributed by atoms with Crippen molar-refractivity contribution < 1.29 is 9.90 Å². The van der Waals surface area contributed by atoms with E-state index in [1.165, 1.54) is 12.1 Å². The Hall–Kier alpha value is -2.20. The number of amides is 1. The average molecular weight is 263 g/mol. The van der Waals surface area contributed by atoms with Gasteiger partial charge in [0.05, 0.1) is 5.69 Å². The highest BCUT2D eigenvalue weighted by Crippen LogP contribution is 2.23. The summed E-state index contributed by atoms with van der Waals surface area (Å²) in [5.74, 6) is -0.281. The zero-order valence-electron chi connectivity index (χ0n) is 9.35. The van der Waals surface area contributed by atoms with Crippen molar-refractivity contribution in [1.82, 2.24) is 0 Å². The molecule has 0 spiro atoms. The lowest BCUT2D eigenvalue weighted by Gasteiger charge is -2.07. The Bertz CT molecular complexity index is 582. The van der Waals surface area contributed by atoms with Gasteiger partial charge < -0.3 is 16.2 Å². The van der Waals surface area contributed by atoms with Gasteiger partial charge in [0.2, 0.25) is 0 Å². The van der Waals surface area contributed by atoms with Crippen molar-refractivity contribution in [2.45, 2.75) is 0 Å². The van der Waals surface area contributed by atoms with Crippen LogP contribution in [0, 0.1) is 0 Å². The number of nitrogen functional groups attached to an aromatic ring is 1. The summed E-state index contributed by atoms with van der Waals surface area (Å²) in [7, 11) is 0. The van der Waals surface area contributed by atoms with E-state index in [9.17, 15) is 9.90 Å². The second-order valence-electron chi connectivity index (χ2n) is 3.73. The number of hydrogen-bond acceptors (Lipinski definition) is 3. The second-order valence-corrected chi connectivity index (χ2v) is 4.17. The molecule has 2 aromatic rings. The minimum absolute atomic E-state index is 0.0144. The summed E-state index contributed by atoms with van der Waals surface area (Å²) < 4.78 is 0. The lowest BCUT2D eigenvalue weighted by atomic mass is 10.2. The van der Waals surface area contributed by atoms with Crippen molar-refractivity contribution >= 4 is 28.9 Å². The third-order valence-electron chi connectivity index (χ3n) is 2.39. The molecule has 0 atom stereocenters. The van der Waals surface area contributed by atoms with E-state index in [-0.39, 0.29) is 17.3 Å². The molecule has 0 heterocycles. The van der Waals surface area contributed by atoms with E-state index in [1.807, 2.05) is 0 Å². The molecule has 0 fully saturated rings. The second kappa shape index (κ2) is 4.98. The van der Waals surface area contributed by atoms with Crippen LogP contribution in [0.25, 0.3) is 0 Å². The summed E-state index contributed by atoms with van der Waals surface area (Å²) in [5, 5.41) is 12.5. The molecular weight excluding hydrogens is 252 g/mol. The third-order valence-corrected chi connectivity index (χ3v) is 2.64. The van der Waals surface area contributed by atoms with Gasteiger partial charge in [-0.05, 0) is 42.5 Å². The van der Waals surface area contributed by atoms with Gasteiger partial charge in [-0.15, -0.1) is 0 Å². The van der Waals surface area contributed by atoms with E-state index < -0.39 is 0 Å². The smallest absolute Gasteiger partial charge is 0.255 e. The molecule has 4 nitrogen and oxygen atoms in total. The van der Waals surface area contributed by atoms with E-state index >= 15 is 0 Å². The van der Waals surface area contributed by atoms with Crippen LogP contribution in [0.2, 0.25) is 5.02 Å². The maximum atomic E-state index is 11.9. The van der Waals surface area contributed by atoms with Gasteiger partial charge >= 0.3 is 0 Å². The Balaban J connectivity index is 2.16. The van der Waals surface area contributed by atoms with E-state index in [0.717, 1.165) is 0 Å². The summed E-state index contributed by atoms with van der Waals surface area (Å²) in [4.78, 5) is 11.9. The first-order chi connectivity index (χ1) is 8.56. The number of hydrogen-bond donors (Lipinski definition) is 3. The Kier molecular flexibility index (Phi) is 3.39. The van der Waals surface area contributed by atoms with Gasteiger partial charge in [-0.2, -0.15) is 0 Å². The molecule has 0 aliphatic heterocycles. The standard InChI is InChI=1S/C13H11ClN2O2/c14-9-3-1-8(2-4-9)13(18)16-10-5-6-12(17)11(15)7-10/h1-7,17H,15H2,(H,16,18). The first-order valence-electron chi connectivity index (χ1n) is 5.21. The molecular formula is C13H11ClN2O2. The molecule has 2 aromatic carbocycles. The molecule has 0 radical (unpaired) electrons. The summed E-state index contributed by atoms with van der Waals surface area (Å²) in [6.07, 6.45) is 0.